The predicted molar refractivity (Wildman–Crippen MR) is 541 cm³/mol. The van der Waals surface area contributed by atoms with Crippen molar-refractivity contribution < 1.29 is 110 Å². The van der Waals surface area contributed by atoms with Crippen LogP contribution < -0.4 is 67.5 Å². The number of thioether (sulfide) groups is 2. The predicted octanol–water partition coefficient (Wildman–Crippen LogP) is 18.8. The average Bonchev–Trinajstić information content (AvgIpc) is 1.56. The van der Waals surface area contributed by atoms with Gasteiger partial charge in [0, 0.05) is 114 Å². The van der Waals surface area contributed by atoms with E-state index in [-0.39, 0.29) is 67.8 Å². The lowest BCUT2D eigenvalue weighted by Crippen LogP contribution is -2.70. The third kappa shape index (κ3) is 20.0. The Morgan fingerprint density at radius 3 is 1.21 bits per heavy atom. The van der Waals surface area contributed by atoms with Gasteiger partial charge in [-0.2, -0.15) is 5.26 Å². The van der Waals surface area contributed by atoms with Gasteiger partial charge in [-0.3, -0.25) is 49.4 Å². The maximum atomic E-state index is 15.2. The first-order chi connectivity index (χ1) is 69.2. The molecule has 0 amide bonds. The highest BCUT2D eigenvalue weighted by Gasteiger charge is 2.65. The van der Waals surface area contributed by atoms with Crippen molar-refractivity contribution >= 4 is 59.3 Å². The number of likely N-dealkylation sites (N-methyl/N-ethyl adjacent to an activating group) is 2. The third-order valence-corrected chi connectivity index (χ3v) is 35.0. The number of hydrogen-bond donors (Lipinski definition) is 5. The summed E-state index contributed by atoms with van der Waals surface area (Å²) in [5.41, 5.74) is 8.69. The summed E-state index contributed by atoms with van der Waals surface area (Å²) >= 11 is 2.97. The molecule has 5 N–H and O–H groups in total. The molecule has 14 heterocycles. The molecule has 20 rings (SSSR count). The number of esters is 6. The van der Waals surface area contributed by atoms with Crippen molar-refractivity contribution in [2.24, 2.45) is 0 Å². The second kappa shape index (κ2) is 45.6. The van der Waals surface area contributed by atoms with Crippen LogP contribution in [-0.2, 0) is 75.0 Å². The highest BCUT2D eigenvalue weighted by atomic mass is 32.2. The van der Waals surface area contributed by atoms with E-state index in [0.29, 0.717) is 176 Å². The number of nitrogens with zero attached hydrogens (tertiary/aromatic N) is 5. The molecule has 6 aromatic carbocycles. The fourth-order valence-electron chi connectivity index (χ4n) is 25.2. The molecule has 0 saturated carbocycles. The van der Waals surface area contributed by atoms with Gasteiger partial charge in [-0.05, 0) is 149 Å². The number of hydrogen-bond acceptors (Lipinski definition) is 32. The molecule has 774 valence electrons. The SMILES string of the molecule is CCCCCCCCCCCCCCCC(=O)Oc1cc2c(cc1OC)[C@@]1(CS[C@@H]3c4c(OC(C)=O)c(C)c5c(c4[C@H](COC1=O)N1C3[C@H]3c4c(cc(C)c(OC)c4O)C[C@@H]([C@@H]1C#N)N3C)OCO5)NCC2.CCCCCCCCCCCCCCCC(=O)Oc1cc2c(cc1OC)[C@@]1(CS[C@@H]3c4c(OC(C)=O)c(C)c5c(c4[C@H](COC1=O)N1C3[C@H]3c4c(cc(C)c(OC)c4O)C[C@@H]([C@@H]1O)N3C)OCO5)NCC2. The molecule has 4 saturated heterocycles. The minimum absolute atomic E-state index is 0.0353. The van der Waals surface area contributed by atoms with Gasteiger partial charge in [-0.15, -0.1) is 23.5 Å². The van der Waals surface area contributed by atoms with Crippen molar-refractivity contribution in [3.63, 3.8) is 0 Å². The number of benzene rings is 6. The number of ether oxygens (including phenoxy) is 14. The molecule has 0 aliphatic carbocycles. The topological polar surface area (TPSA) is 353 Å². The Morgan fingerprint density at radius 1 is 0.455 bits per heavy atom. The van der Waals surface area contributed by atoms with Crippen LogP contribution in [0, 0.1) is 39.0 Å². The van der Waals surface area contributed by atoms with E-state index in [1.165, 1.54) is 180 Å². The summed E-state index contributed by atoms with van der Waals surface area (Å²) in [5, 5.41) is 54.4. The summed E-state index contributed by atoms with van der Waals surface area (Å²) in [4.78, 5) is 91.8. The van der Waals surface area contributed by atoms with Crippen LogP contribution in [0.1, 0.15) is 331 Å². The van der Waals surface area contributed by atoms with Gasteiger partial charge in [0.1, 0.15) is 37.0 Å². The van der Waals surface area contributed by atoms with Crippen molar-refractivity contribution in [3.05, 3.63) is 125 Å². The zero-order valence-electron chi connectivity index (χ0n) is 85.7. The third-order valence-electron chi connectivity index (χ3n) is 32.1. The average molecular weight is 2010 g/mol. The molecule has 0 radical (unpaired) electrons. The van der Waals surface area contributed by atoms with Gasteiger partial charge < -0.3 is 81.6 Å². The number of carbonyl (C=O) groups excluding carboxylic acids is 6. The Labute approximate surface area is 849 Å². The molecule has 2 spiro atoms. The van der Waals surface area contributed by atoms with Crippen LogP contribution in [0.5, 0.6) is 80.5 Å². The van der Waals surface area contributed by atoms with E-state index in [4.69, 9.17) is 66.3 Å². The molecule has 32 heteroatoms. The quantitative estimate of drug-likeness (QED) is 0.0139. The van der Waals surface area contributed by atoms with E-state index in [2.05, 4.69) is 51.3 Å². The van der Waals surface area contributed by atoms with Gasteiger partial charge >= 0.3 is 35.8 Å². The fourth-order valence-corrected chi connectivity index (χ4v) is 28.6. The number of aliphatic hydroxyl groups is 1. The first kappa shape index (κ1) is 104. The molecule has 4 fully saturated rings. The van der Waals surface area contributed by atoms with Crippen LogP contribution in [0.15, 0.2) is 36.4 Å². The standard InChI is InChI=1S/C56H72N4O11S.C55H73N3O12S/c1-8-9-10-11-12-13-14-15-16-17-18-19-20-21-43(62)71-42-26-35-22-23-58-56(37(35)27-41(42)65-6)30-72-54-46-45(53-52(68-31-69-53)33(3)51(46)70-34(4)61)40(29-67-55(56)64)60-39(28-57)38-25-36-24-32(2)50(66-7)49(63)44(36)47(48(54)60)59(38)5;1-8-9-10-11-12-13-14-15-16-17-18-19-20-21-41(60)70-40-26-34-22-23-56-55(36(34)27-39(40)64-6)29-71-52-44-43(51-50(67-30-68-51)32(3)49(44)69-33(4)59)38(28-66-54(55)63)58-46(52)45-42-35(25-37(53(58)62)57(45)5)24-31(2)48(65-7)47(42)61/h24,26-27,38-40,47-48,54,58,63H,8-23,25,29-31H2,1-7H3;24,26-27,37-38,45-46,52-53,56,61-62H,8-23,25,28-30H2,1-7H3/t38-,39-,40-,47+,48?,54+,56+;37-,38-,45+,46?,52+,53-,55+/m00/s1. The van der Waals surface area contributed by atoms with Crippen LogP contribution in [0.25, 0.3) is 0 Å². The Kier molecular flexibility index (Phi) is 33.3. The van der Waals surface area contributed by atoms with Crippen LogP contribution in [0.4, 0.5) is 0 Å². The van der Waals surface area contributed by atoms with Gasteiger partial charge in [0.05, 0.1) is 75.2 Å². The first-order valence-electron chi connectivity index (χ1n) is 52.3. The Hall–Kier alpha value is -9.95. The number of nitrogens with one attached hydrogen (secondary N) is 2. The monoisotopic (exact) mass is 2010 g/mol. The summed E-state index contributed by atoms with van der Waals surface area (Å²) < 4.78 is 85.7. The minimum Gasteiger partial charge on any atom is -0.504 e. The van der Waals surface area contributed by atoms with E-state index in [9.17, 15) is 39.8 Å². The van der Waals surface area contributed by atoms with Crippen molar-refractivity contribution in [3.8, 4) is 86.6 Å². The molecule has 14 atom stereocenters. The van der Waals surface area contributed by atoms with E-state index >= 15 is 9.59 Å². The normalized spacial score (nSPS) is 25.0. The number of phenols is 2. The summed E-state index contributed by atoms with van der Waals surface area (Å²) in [6.07, 6.45) is 33.1. The molecule has 14 aliphatic heterocycles. The number of aryl methyl sites for hydroxylation is 2. The Balaban J connectivity index is 0.000000196. The molecule has 14 aliphatic rings. The maximum absolute atomic E-state index is 15.2. The number of carbonyl (C=O) groups is 6. The summed E-state index contributed by atoms with van der Waals surface area (Å²) in [6, 6.07) is 8.81. The van der Waals surface area contributed by atoms with Crippen LogP contribution in [0.3, 0.4) is 0 Å². The lowest BCUT2D eigenvalue weighted by Gasteiger charge is -2.62. The Bertz CT molecular complexity index is 5790. The highest BCUT2D eigenvalue weighted by molar-refractivity contribution is 7.99. The number of phenolic OH excluding ortho intramolecular Hbond substituents is 2. The highest BCUT2D eigenvalue weighted by Crippen LogP contribution is 2.68. The second-order valence-electron chi connectivity index (χ2n) is 40.9. The summed E-state index contributed by atoms with van der Waals surface area (Å²) in [7, 11) is 10.1. The second-order valence-corrected chi connectivity index (χ2v) is 43.2. The van der Waals surface area contributed by atoms with Crippen LogP contribution >= 0.6 is 23.5 Å². The number of nitriles is 1. The number of fused-ring (bicyclic) bond motifs is 18. The largest absolute Gasteiger partial charge is 0.504 e. The smallest absolute Gasteiger partial charge is 0.331 e. The summed E-state index contributed by atoms with van der Waals surface area (Å²) in [6.45, 7) is 15.0. The molecule has 6 aromatic rings. The van der Waals surface area contributed by atoms with E-state index < -0.39 is 100 Å². The molecule has 2 unspecified atom stereocenters. The molecule has 30 nitrogen and oxygen atoms in total. The molecular weight excluding hydrogens is 1860 g/mol. The number of methoxy groups -OCH3 is 4. The lowest BCUT2D eigenvalue weighted by molar-refractivity contribution is -0.186. The number of aromatic hydroxyl groups is 2. The van der Waals surface area contributed by atoms with Gasteiger partial charge in [-0.1, -0.05) is 180 Å². The first-order valence-corrected chi connectivity index (χ1v) is 54.4. The molecule has 0 aromatic heterocycles. The maximum Gasteiger partial charge on any atom is 0.331 e. The zero-order valence-corrected chi connectivity index (χ0v) is 87.4. The number of piperazine rings is 2. The lowest BCUT2D eigenvalue weighted by atomic mass is 9.71. The van der Waals surface area contributed by atoms with Crippen molar-refractivity contribution in [2.45, 2.75) is 343 Å². The van der Waals surface area contributed by atoms with Crippen molar-refractivity contribution in [1.29, 1.82) is 5.26 Å². The molecule has 8 bridgehead atoms. The van der Waals surface area contributed by atoms with Gasteiger partial charge in [0.15, 0.2) is 80.1 Å². The number of rotatable bonds is 36. The van der Waals surface area contributed by atoms with Gasteiger partial charge in [-0.25, -0.2) is 9.59 Å². The van der Waals surface area contributed by atoms with E-state index in [0.717, 1.165) is 71.9 Å². The fraction of sp³-hybridized carbons (Fsp3) is 0.613. The van der Waals surface area contributed by atoms with Crippen LogP contribution in [0.2, 0.25) is 0 Å². The minimum atomic E-state index is -1.41. The van der Waals surface area contributed by atoms with E-state index in [1.54, 1.807) is 26.4 Å². The van der Waals surface area contributed by atoms with Gasteiger partial charge in [0.25, 0.3) is 0 Å². The molecular formula is C111H145N7O23S2. The number of unbranched alkanes of at least 4 members (excludes halogenated alkanes) is 24. The number of aliphatic hydroxyl groups excluding tert-OH is 1. The van der Waals surface area contributed by atoms with E-state index in [1.807, 2.05) is 64.9 Å². The van der Waals surface area contributed by atoms with Crippen LogP contribution in [-0.4, -0.2) is 201 Å². The van der Waals surface area contributed by atoms with Crippen molar-refractivity contribution in [2.75, 3.05) is 93.9 Å². The molecule has 143 heavy (non-hydrogen) atoms. The van der Waals surface area contributed by atoms with Crippen molar-refractivity contribution in [1.82, 2.24) is 30.2 Å². The zero-order chi connectivity index (χ0) is 101. The summed E-state index contributed by atoms with van der Waals surface area (Å²) in [5.74, 6) is 2.01. The Morgan fingerprint density at radius 2 is 0.825 bits per heavy atom. The van der Waals surface area contributed by atoms with Gasteiger partial charge in [0.2, 0.25) is 13.6 Å².